The van der Waals surface area contributed by atoms with Crippen LogP contribution in [0.2, 0.25) is 0 Å². The van der Waals surface area contributed by atoms with Crippen LogP contribution in [0, 0.1) is 23.7 Å². The molecule has 2 atom stereocenters. The number of sulfonamides is 1. The van der Waals surface area contributed by atoms with Gasteiger partial charge in [-0.15, -0.1) is 0 Å². The van der Waals surface area contributed by atoms with E-state index in [1.807, 2.05) is 0 Å². The fourth-order valence-electron chi connectivity index (χ4n) is 5.81. The maximum Gasteiger partial charge on any atom is 0.265 e. The highest BCUT2D eigenvalue weighted by atomic mass is 32.2. The summed E-state index contributed by atoms with van der Waals surface area (Å²) >= 11 is 0. The largest absolute Gasteiger partial charge is 0.386 e. The summed E-state index contributed by atoms with van der Waals surface area (Å²) in [5, 5.41) is 7.11. The third-order valence-electron chi connectivity index (χ3n) is 8.54. The van der Waals surface area contributed by atoms with Crippen LogP contribution in [0.5, 0.6) is 0 Å². The lowest BCUT2D eigenvalue weighted by Gasteiger charge is -2.34. The van der Waals surface area contributed by atoms with Crippen LogP contribution in [0.4, 0.5) is 5.69 Å². The van der Waals surface area contributed by atoms with E-state index in [1.54, 1.807) is 29.4 Å². The van der Waals surface area contributed by atoms with Crippen molar-refractivity contribution in [2.24, 2.45) is 21.9 Å². The van der Waals surface area contributed by atoms with Gasteiger partial charge < -0.3 is 10.2 Å². The van der Waals surface area contributed by atoms with Crippen LogP contribution in [0.3, 0.4) is 0 Å². The number of rotatable bonds is 6. The Kier molecular flexibility index (Phi) is 6.62. The number of oxime groups is 1. The fraction of sp³-hybridized carbons (Fsp3) is 0.680. The van der Waals surface area contributed by atoms with Crippen molar-refractivity contribution in [3.05, 3.63) is 23.8 Å². The van der Waals surface area contributed by atoms with Gasteiger partial charge in [-0.2, -0.15) is 4.31 Å². The zero-order chi connectivity index (χ0) is 23.9. The van der Waals surface area contributed by atoms with Crippen molar-refractivity contribution in [3.63, 3.8) is 0 Å². The number of anilines is 1. The molecule has 33 heavy (non-hydrogen) atoms. The van der Waals surface area contributed by atoms with E-state index in [2.05, 4.69) is 31.2 Å². The minimum absolute atomic E-state index is 0.0295. The lowest BCUT2D eigenvalue weighted by molar-refractivity contribution is -0.120. The second-order valence-corrected chi connectivity index (χ2v) is 12.6. The molecule has 7 nitrogen and oxygen atoms in total. The van der Waals surface area contributed by atoms with Crippen LogP contribution >= 0.6 is 0 Å². The first-order valence-electron chi connectivity index (χ1n) is 12.2. The van der Waals surface area contributed by atoms with Crippen molar-refractivity contribution in [3.8, 4) is 0 Å². The Morgan fingerprint density at radius 1 is 1.18 bits per heavy atom. The third kappa shape index (κ3) is 4.44. The Labute approximate surface area is 198 Å². The molecule has 3 fully saturated rings. The van der Waals surface area contributed by atoms with Gasteiger partial charge in [0.05, 0.1) is 10.6 Å². The molecular weight excluding hydrogens is 438 g/mol. The quantitative estimate of drug-likeness (QED) is 0.603. The molecule has 2 unspecified atom stereocenters. The molecule has 0 aromatic heterocycles. The van der Waals surface area contributed by atoms with E-state index < -0.39 is 10.0 Å². The lowest BCUT2D eigenvalue weighted by Crippen LogP contribution is -2.32. The lowest BCUT2D eigenvalue weighted by atomic mass is 9.70. The highest BCUT2D eigenvalue weighted by Gasteiger charge is 2.60. The first-order chi connectivity index (χ1) is 15.6. The summed E-state index contributed by atoms with van der Waals surface area (Å²) < 4.78 is 28.0. The van der Waals surface area contributed by atoms with Crippen molar-refractivity contribution < 1.29 is 18.0 Å². The summed E-state index contributed by atoms with van der Waals surface area (Å²) in [5.41, 5.74) is 2.41. The Hall–Kier alpha value is -1.93. The predicted octanol–water partition coefficient (Wildman–Crippen LogP) is 4.72. The van der Waals surface area contributed by atoms with E-state index >= 15 is 0 Å². The first kappa shape index (κ1) is 24.2. The number of carbonyl (C=O) groups excluding carboxylic acids is 1. The highest BCUT2D eigenvalue weighted by Crippen LogP contribution is 2.64. The van der Waals surface area contributed by atoms with E-state index in [9.17, 15) is 13.2 Å². The van der Waals surface area contributed by atoms with Crippen LogP contribution in [-0.4, -0.2) is 44.0 Å². The summed E-state index contributed by atoms with van der Waals surface area (Å²) in [6.45, 7) is 9.52. The van der Waals surface area contributed by atoms with Crippen molar-refractivity contribution in [2.75, 3.05) is 25.0 Å². The molecule has 0 radical (unpaired) electrons. The Morgan fingerprint density at radius 2 is 1.88 bits per heavy atom. The number of benzene rings is 1. The number of nitrogens with zero attached hydrogens (tertiary/aromatic N) is 2. The van der Waals surface area contributed by atoms with E-state index in [-0.39, 0.29) is 28.2 Å². The van der Waals surface area contributed by atoms with Gasteiger partial charge in [0.25, 0.3) is 5.91 Å². The standard InChI is InChI=1S/C25H37N3O4S/c1-18-9-10-20(16-21(18)33(30,31)28-13-7-5-6-8-14-28)26-23(29)17-32-27-22-15-19-11-12-25(22,4)24(19,2)3/h9-10,16,19H,5-8,11-15,17H2,1-4H3,(H,26,29). The minimum Gasteiger partial charge on any atom is -0.386 e. The Bertz CT molecular complexity index is 1040. The van der Waals surface area contributed by atoms with Crippen LogP contribution in [0.1, 0.15) is 71.3 Å². The van der Waals surface area contributed by atoms with Crippen molar-refractivity contribution >= 4 is 27.3 Å². The maximum atomic E-state index is 13.2. The number of hydrogen-bond acceptors (Lipinski definition) is 5. The zero-order valence-corrected chi connectivity index (χ0v) is 21.1. The van der Waals surface area contributed by atoms with Crippen molar-refractivity contribution in [1.29, 1.82) is 0 Å². The molecule has 0 spiro atoms. The molecule has 2 saturated carbocycles. The summed E-state index contributed by atoms with van der Waals surface area (Å²) in [6, 6.07) is 5.01. The molecule has 2 aliphatic carbocycles. The van der Waals surface area contributed by atoms with E-state index in [1.165, 1.54) is 6.42 Å². The smallest absolute Gasteiger partial charge is 0.265 e. The van der Waals surface area contributed by atoms with Gasteiger partial charge >= 0.3 is 0 Å². The predicted molar refractivity (Wildman–Crippen MR) is 130 cm³/mol. The van der Waals surface area contributed by atoms with Crippen LogP contribution in [0.25, 0.3) is 0 Å². The molecular formula is C25H37N3O4S. The number of fused-ring (bicyclic) bond motifs is 2. The van der Waals surface area contributed by atoms with Crippen molar-refractivity contribution in [1.82, 2.24) is 4.31 Å². The SMILES string of the molecule is Cc1ccc(NC(=O)CON=C2CC3CCC2(C)C3(C)C)cc1S(=O)(=O)N1CCCCCC1. The number of amides is 1. The zero-order valence-electron chi connectivity index (χ0n) is 20.3. The van der Waals surface area contributed by atoms with E-state index in [0.29, 0.717) is 30.3 Å². The van der Waals surface area contributed by atoms with Gasteiger partial charge in [-0.25, -0.2) is 8.42 Å². The van der Waals surface area contributed by atoms with Crippen LogP contribution in [0.15, 0.2) is 28.3 Å². The van der Waals surface area contributed by atoms with Crippen molar-refractivity contribution in [2.45, 2.75) is 77.5 Å². The number of aryl methyl sites for hydroxylation is 1. The summed E-state index contributed by atoms with van der Waals surface area (Å²) in [7, 11) is -3.60. The molecule has 1 N–H and O–H groups in total. The number of nitrogens with one attached hydrogen (secondary N) is 1. The molecule has 1 aromatic carbocycles. The monoisotopic (exact) mass is 475 g/mol. The highest BCUT2D eigenvalue weighted by molar-refractivity contribution is 7.89. The summed E-state index contributed by atoms with van der Waals surface area (Å²) in [6.07, 6.45) is 7.14. The molecule has 8 heteroatoms. The number of hydrogen-bond donors (Lipinski definition) is 1. The molecule has 1 amide bonds. The first-order valence-corrected chi connectivity index (χ1v) is 13.6. The second-order valence-electron chi connectivity index (χ2n) is 10.7. The third-order valence-corrected chi connectivity index (χ3v) is 10.6. The van der Waals surface area contributed by atoms with E-state index in [0.717, 1.165) is 44.2 Å². The molecule has 1 aromatic rings. The summed E-state index contributed by atoms with van der Waals surface area (Å²) in [5.74, 6) is 0.268. The second kappa shape index (κ2) is 9.02. The molecule has 182 valence electrons. The van der Waals surface area contributed by atoms with Gasteiger partial charge in [-0.3, -0.25) is 4.79 Å². The van der Waals surface area contributed by atoms with Gasteiger partial charge in [0.15, 0.2) is 6.61 Å². The van der Waals surface area contributed by atoms with Gasteiger partial charge in [0.2, 0.25) is 10.0 Å². The summed E-state index contributed by atoms with van der Waals surface area (Å²) in [4.78, 5) is 18.2. The fourth-order valence-corrected chi connectivity index (χ4v) is 7.58. The van der Waals surface area contributed by atoms with Crippen LogP contribution in [-0.2, 0) is 19.7 Å². The Morgan fingerprint density at radius 3 is 2.48 bits per heavy atom. The topological polar surface area (TPSA) is 88.1 Å². The normalized spacial score (nSPS) is 28.6. The molecule has 2 bridgehead atoms. The van der Waals surface area contributed by atoms with Gasteiger partial charge in [-0.1, -0.05) is 44.8 Å². The van der Waals surface area contributed by atoms with Crippen LogP contribution < -0.4 is 5.32 Å². The number of carbonyl (C=O) groups is 1. The average molecular weight is 476 g/mol. The van der Waals surface area contributed by atoms with Gasteiger partial charge in [0, 0.05) is 24.2 Å². The average Bonchev–Trinajstić information content (AvgIpc) is 3.00. The van der Waals surface area contributed by atoms with Gasteiger partial charge in [0.1, 0.15) is 0 Å². The maximum absolute atomic E-state index is 13.2. The minimum atomic E-state index is -3.60. The van der Waals surface area contributed by atoms with Gasteiger partial charge in [-0.05, 0) is 68.1 Å². The molecule has 4 rings (SSSR count). The molecule has 3 aliphatic rings. The Balaban J connectivity index is 1.40. The molecule has 1 aliphatic heterocycles. The van der Waals surface area contributed by atoms with E-state index in [4.69, 9.17) is 4.84 Å². The molecule has 1 saturated heterocycles. The molecule has 1 heterocycles.